The van der Waals surface area contributed by atoms with Crippen LogP contribution >= 0.6 is 0 Å². The minimum absolute atomic E-state index is 0.146. The highest BCUT2D eigenvalue weighted by atomic mass is 32.2. The molecule has 1 aliphatic rings. The predicted molar refractivity (Wildman–Crippen MR) is 111 cm³/mol. The predicted octanol–water partition coefficient (Wildman–Crippen LogP) is 2.64. The summed E-state index contributed by atoms with van der Waals surface area (Å²) >= 11 is 0. The Bertz CT molecular complexity index is 768. The number of carbonyl (C=O) groups is 1. The van der Waals surface area contributed by atoms with E-state index < -0.39 is 10.0 Å². The number of ether oxygens (including phenoxy) is 1. The van der Waals surface area contributed by atoms with Crippen molar-refractivity contribution in [2.24, 2.45) is 11.8 Å². The van der Waals surface area contributed by atoms with Crippen LogP contribution in [0.5, 0.6) is 5.75 Å². The normalized spacial score (nSPS) is 20.9. The van der Waals surface area contributed by atoms with Crippen molar-refractivity contribution in [3.8, 4) is 5.75 Å². The molecule has 28 heavy (non-hydrogen) atoms. The van der Waals surface area contributed by atoms with Crippen molar-refractivity contribution in [3.63, 3.8) is 0 Å². The Morgan fingerprint density at radius 2 is 1.82 bits per heavy atom. The van der Waals surface area contributed by atoms with Crippen molar-refractivity contribution in [3.05, 3.63) is 18.2 Å². The number of nitrogens with one attached hydrogen (secondary N) is 1. The molecule has 1 fully saturated rings. The first-order valence-corrected chi connectivity index (χ1v) is 11.4. The Balaban J connectivity index is 2.19. The van der Waals surface area contributed by atoms with Gasteiger partial charge in [0.05, 0.1) is 24.2 Å². The third-order valence-electron chi connectivity index (χ3n) is 5.10. The molecule has 2 rings (SSSR count). The summed E-state index contributed by atoms with van der Waals surface area (Å²) in [7, 11) is -2.11. The van der Waals surface area contributed by atoms with Gasteiger partial charge in [0.15, 0.2) is 0 Å². The first kappa shape index (κ1) is 22.6. The second kappa shape index (κ2) is 9.71. The van der Waals surface area contributed by atoms with Gasteiger partial charge in [-0.3, -0.25) is 9.69 Å². The number of carbonyl (C=O) groups excluding carboxylic acids is 1. The number of hydrogen-bond donors (Lipinski definition) is 1. The summed E-state index contributed by atoms with van der Waals surface area (Å²) in [5.74, 6) is 1.39. The monoisotopic (exact) mass is 411 g/mol. The number of methoxy groups -OCH3 is 1. The van der Waals surface area contributed by atoms with Crippen LogP contribution in [0.15, 0.2) is 23.1 Å². The molecular formula is C20H33N3O4S. The van der Waals surface area contributed by atoms with E-state index in [-0.39, 0.29) is 17.3 Å². The van der Waals surface area contributed by atoms with Crippen LogP contribution in [0.3, 0.4) is 0 Å². The topological polar surface area (TPSA) is 79.0 Å². The highest BCUT2D eigenvalue weighted by Gasteiger charge is 2.25. The lowest BCUT2D eigenvalue weighted by Crippen LogP contribution is -2.42. The molecule has 1 saturated heterocycles. The van der Waals surface area contributed by atoms with E-state index in [4.69, 9.17) is 4.74 Å². The van der Waals surface area contributed by atoms with E-state index in [1.807, 2.05) is 0 Å². The average Bonchev–Trinajstić information content (AvgIpc) is 2.61. The van der Waals surface area contributed by atoms with E-state index in [1.54, 1.807) is 19.9 Å². The zero-order valence-electron chi connectivity index (χ0n) is 17.6. The van der Waals surface area contributed by atoms with E-state index in [2.05, 4.69) is 24.1 Å². The molecule has 1 N–H and O–H groups in total. The van der Waals surface area contributed by atoms with E-state index in [9.17, 15) is 13.2 Å². The molecule has 8 heteroatoms. The fourth-order valence-electron chi connectivity index (χ4n) is 3.97. The van der Waals surface area contributed by atoms with Gasteiger partial charge >= 0.3 is 0 Å². The molecule has 0 bridgehead atoms. The van der Waals surface area contributed by atoms with Crippen molar-refractivity contribution in [2.75, 3.05) is 45.2 Å². The van der Waals surface area contributed by atoms with Gasteiger partial charge in [-0.2, -0.15) is 4.31 Å². The zero-order valence-corrected chi connectivity index (χ0v) is 18.4. The summed E-state index contributed by atoms with van der Waals surface area (Å²) in [4.78, 5) is 14.9. The summed E-state index contributed by atoms with van der Waals surface area (Å²) in [6.45, 7) is 10.8. The highest BCUT2D eigenvalue weighted by molar-refractivity contribution is 7.89. The minimum atomic E-state index is -3.61. The quantitative estimate of drug-likeness (QED) is 0.711. The molecule has 1 aromatic carbocycles. The lowest BCUT2D eigenvalue weighted by molar-refractivity contribution is -0.117. The van der Waals surface area contributed by atoms with Gasteiger partial charge in [-0.15, -0.1) is 0 Å². The molecule has 2 atom stereocenters. The Hall–Kier alpha value is -1.64. The zero-order chi connectivity index (χ0) is 20.9. The van der Waals surface area contributed by atoms with Crippen LogP contribution in [-0.2, 0) is 14.8 Å². The molecular weight excluding hydrogens is 378 g/mol. The molecule has 1 heterocycles. The van der Waals surface area contributed by atoms with Gasteiger partial charge < -0.3 is 10.1 Å². The van der Waals surface area contributed by atoms with E-state index in [0.29, 0.717) is 36.4 Å². The summed E-state index contributed by atoms with van der Waals surface area (Å²) < 4.78 is 32.3. The number of rotatable bonds is 8. The molecule has 0 aliphatic carbocycles. The third kappa shape index (κ3) is 5.46. The average molecular weight is 412 g/mol. The molecule has 7 nitrogen and oxygen atoms in total. The van der Waals surface area contributed by atoms with Crippen LogP contribution in [0.4, 0.5) is 5.69 Å². The van der Waals surface area contributed by atoms with Gasteiger partial charge in [-0.1, -0.05) is 27.7 Å². The first-order valence-electron chi connectivity index (χ1n) is 9.91. The van der Waals surface area contributed by atoms with Crippen molar-refractivity contribution in [2.45, 2.75) is 39.0 Å². The van der Waals surface area contributed by atoms with Crippen LogP contribution in [0.2, 0.25) is 0 Å². The molecule has 0 aromatic heterocycles. The Morgan fingerprint density at radius 1 is 1.21 bits per heavy atom. The van der Waals surface area contributed by atoms with E-state index >= 15 is 0 Å². The van der Waals surface area contributed by atoms with Gasteiger partial charge in [0.2, 0.25) is 15.9 Å². The molecule has 0 spiro atoms. The summed E-state index contributed by atoms with van der Waals surface area (Å²) in [5, 5.41) is 2.84. The standard InChI is InChI=1S/C20H33N3O4S/c1-6-23(7-2)28(25,26)17-8-9-19(27-5)18(11-17)21-20(24)14-22-12-15(3)10-16(4)13-22/h8-9,11,15-16H,6-7,10,12-14H2,1-5H3,(H,21,24). The van der Waals surface area contributed by atoms with Crippen LogP contribution in [0.1, 0.15) is 34.1 Å². The second-order valence-corrected chi connectivity index (χ2v) is 9.58. The third-order valence-corrected chi connectivity index (χ3v) is 7.15. The molecule has 0 saturated carbocycles. The number of hydrogen-bond acceptors (Lipinski definition) is 5. The Morgan fingerprint density at radius 3 is 2.36 bits per heavy atom. The smallest absolute Gasteiger partial charge is 0.243 e. The SMILES string of the molecule is CCN(CC)S(=O)(=O)c1ccc(OC)c(NC(=O)CN2CC(C)CC(C)C2)c1. The lowest BCUT2D eigenvalue weighted by Gasteiger charge is -2.34. The van der Waals surface area contributed by atoms with Crippen LogP contribution in [0, 0.1) is 11.8 Å². The molecule has 1 aromatic rings. The Kier molecular flexibility index (Phi) is 7.86. The van der Waals surface area contributed by atoms with Gasteiger partial charge in [0.25, 0.3) is 0 Å². The lowest BCUT2D eigenvalue weighted by atomic mass is 9.92. The number of sulfonamides is 1. The van der Waals surface area contributed by atoms with E-state index in [0.717, 1.165) is 13.1 Å². The molecule has 2 unspecified atom stereocenters. The van der Waals surface area contributed by atoms with Crippen molar-refractivity contribution in [1.29, 1.82) is 0 Å². The number of anilines is 1. The maximum absolute atomic E-state index is 12.8. The largest absolute Gasteiger partial charge is 0.495 e. The second-order valence-electron chi connectivity index (χ2n) is 7.64. The van der Waals surface area contributed by atoms with Crippen LogP contribution in [0.25, 0.3) is 0 Å². The summed E-state index contributed by atoms with van der Waals surface area (Å²) in [5.41, 5.74) is 0.374. The van der Waals surface area contributed by atoms with Crippen LogP contribution < -0.4 is 10.1 Å². The van der Waals surface area contributed by atoms with E-state index in [1.165, 1.54) is 30.0 Å². The van der Waals surface area contributed by atoms with Gasteiger partial charge in [0.1, 0.15) is 5.75 Å². The fraction of sp³-hybridized carbons (Fsp3) is 0.650. The summed E-state index contributed by atoms with van der Waals surface area (Å²) in [6, 6.07) is 4.57. The minimum Gasteiger partial charge on any atom is -0.495 e. The Labute approximate surface area is 169 Å². The van der Waals surface area contributed by atoms with Gasteiger partial charge in [-0.25, -0.2) is 8.42 Å². The number of amides is 1. The number of nitrogens with zero attached hydrogens (tertiary/aromatic N) is 2. The van der Waals surface area contributed by atoms with Crippen LogP contribution in [-0.4, -0.2) is 63.4 Å². The van der Waals surface area contributed by atoms with Gasteiger partial charge in [0, 0.05) is 26.2 Å². The molecule has 158 valence electrons. The summed E-state index contributed by atoms with van der Waals surface area (Å²) in [6.07, 6.45) is 1.18. The van der Waals surface area contributed by atoms with Gasteiger partial charge in [-0.05, 0) is 36.5 Å². The van der Waals surface area contributed by atoms with Crippen molar-refractivity contribution < 1.29 is 17.9 Å². The van der Waals surface area contributed by atoms with Crippen molar-refractivity contribution in [1.82, 2.24) is 9.21 Å². The fourth-order valence-corrected chi connectivity index (χ4v) is 5.46. The first-order chi connectivity index (χ1) is 13.2. The highest BCUT2D eigenvalue weighted by Crippen LogP contribution is 2.29. The number of piperidine rings is 1. The molecule has 1 amide bonds. The number of benzene rings is 1. The van der Waals surface area contributed by atoms with Crippen molar-refractivity contribution >= 4 is 21.6 Å². The maximum Gasteiger partial charge on any atom is 0.243 e. The maximum atomic E-state index is 12.8. The molecule has 1 aliphatic heterocycles. The molecule has 0 radical (unpaired) electrons. The number of likely N-dealkylation sites (tertiary alicyclic amines) is 1.